The van der Waals surface area contributed by atoms with Gasteiger partial charge in [0.25, 0.3) is 0 Å². The van der Waals surface area contributed by atoms with Crippen LogP contribution in [0.2, 0.25) is 5.02 Å². The molecule has 0 aromatic heterocycles. The zero-order valence-corrected chi connectivity index (χ0v) is 11.2. The van der Waals surface area contributed by atoms with Crippen LogP contribution in [0.5, 0.6) is 0 Å². The largest absolute Gasteiger partial charge is 0.466 e. The summed E-state index contributed by atoms with van der Waals surface area (Å²) in [5, 5.41) is 4.49. The normalized spacial score (nSPS) is 11.2. The van der Waals surface area contributed by atoms with Gasteiger partial charge in [0.15, 0.2) is 0 Å². The molecule has 0 fully saturated rings. The average Bonchev–Trinajstić information content (AvgIpc) is 2.36. The van der Waals surface area contributed by atoms with Gasteiger partial charge >= 0.3 is 5.97 Å². The van der Waals surface area contributed by atoms with Crippen LogP contribution in [0.25, 0.3) is 0 Å². The van der Waals surface area contributed by atoms with Crippen LogP contribution < -0.4 is 0 Å². The van der Waals surface area contributed by atoms with E-state index in [0.29, 0.717) is 23.8 Å². The Morgan fingerprint density at radius 3 is 2.67 bits per heavy atom. The summed E-state index contributed by atoms with van der Waals surface area (Å²) in [5.74, 6) is -0.256. The van der Waals surface area contributed by atoms with E-state index in [4.69, 9.17) is 21.2 Å². The molecule has 0 saturated carbocycles. The van der Waals surface area contributed by atoms with Gasteiger partial charge in [-0.3, -0.25) is 4.79 Å². The number of carbonyl (C=O) groups is 1. The molecule has 0 aliphatic carbocycles. The molecule has 0 heterocycles. The van der Waals surface area contributed by atoms with Gasteiger partial charge < -0.3 is 9.57 Å². The highest BCUT2D eigenvalue weighted by Gasteiger charge is 2.11. The van der Waals surface area contributed by atoms with E-state index >= 15 is 0 Å². The summed E-state index contributed by atoms with van der Waals surface area (Å²) in [5.41, 5.74) is 1.40. The molecule has 1 rings (SSSR count). The first-order valence-electron chi connectivity index (χ1n) is 5.69. The molecule has 0 bridgehead atoms. The number of halogens is 1. The summed E-state index contributed by atoms with van der Waals surface area (Å²) in [7, 11) is 1.46. The van der Waals surface area contributed by atoms with Gasteiger partial charge in [0.2, 0.25) is 0 Å². The third-order valence-electron chi connectivity index (χ3n) is 2.26. The van der Waals surface area contributed by atoms with Crippen molar-refractivity contribution in [2.75, 3.05) is 13.7 Å². The predicted octanol–water partition coefficient (Wildman–Crippen LogP) is 3.03. The molecule has 0 saturated heterocycles. The quantitative estimate of drug-likeness (QED) is 0.453. The SMILES string of the molecule is CCOC(=O)CCC(=NOC)c1ccccc1Cl. The fourth-order valence-corrected chi connectivity index (χ4v) is 1.73. The summed E-state index contributed by atoms with van der Waals surface area (Å²) in [6.07, 6.45) is 0.678. The average molecular weight is 270 g/mol. The van der Waals surface area contributed by atoms with Gasteiger partial charge in [-0.15, -0.1) is 0 Å². The minimum Gasteiger partial charge on any atom is -0.466 e. The maximum atomic E-state index is 11.3. The van der Waals surface area contributed by atoms with Crippen molar-refractivity contribution in [1.29, 1.82) is 0 Å². The molecule has 0 atom stereocenters. The maximum absolute atomic E-state index is 11.3. The lowest BCUT2D eigenvalue weighted by molar-refractivity contribution is -0.142. The first-order valence-corrected chi connectivity index (χ1v) is 6.07. The molecule has 18 heavy (non-hydrogen) atoms. The standard InChI is InChI=1S/C13H16ClNO3/c1-3-18-13(16)9-8-12(15-17-2)10-6-4-5-7-11(10)14/h4-7H,3,8-9H2,1-2H3. The number of benzene rings is 1. The summed E-state index contributed by atoms with van der Waals surface area (Å²) >= 11 is 6.08. The van der Waals surface area contributed by atoms with Crippen molar-refractivity contribution in [2.45, 2.75) is 19.8 Å². The minimum absolute atomic E-state index is 0.251. The second kappa shape index (κ2) is 7.71. The minimum atomic E-state index is -0.256. The van der Waals surface area contributed by atoms with Crippen LogP contribution in [0.3, 0.4) is 0 Å². The van der Waals surface area contributed by atoms with Crippen molar-refractivity contribution in [1.82, 2.24) is 0 Å². The van der Waals surface area contributed by atoms with Crippen molar-refractivity contribution in [3.63, 3.8) is 0 Å². The molecule has 0 radical (unpaired) electrons. The van der Waals surface area contributed by atoms with E-state index < -0.39 is 0 Å². The second-order valence-corrected chi connectivity index (χ2v) is 3.91. The van der Waals surface area contributed by atoms with Crippen LogP contribution in [0.15, 0.2) is 29.4 Å². The highest BCUT2D eigenvalue weighted by atomic mass is 35.5. The maximum Gasteiger partial charge on any atom is 0.306 e. The Kier molecular flexibility index (Phi) is 6.22. The molecule has 0 aliphatic heterocycles. The van der Waals surface area contributed by atoms with E-state index in [1.807, 2.05) is 18.2 Å². The third kappa shape index (κ3) is 4.37. The third-order valence-corrected chi connectivity index (χ3v) is 2.59. The topological polar surface area (TPSA) is 47.9 Å². The van der Waals surface area contributed by atoms with E-state index in [1.165, 1.54) is 7.11 Å². The molecule has 0 unspecified atom stereocenters. The van der Waals surface area contributed by atoms with Crippen molar-refractivity contribution in [2.24, 2.45) is 5.16 Å². The molecular weight excluding hydrogens is 254 g/mol. The van der Waals surface area contributed by atoms with Crippen LogP contribution in [0.4, 0.5) is 0 Å². The number of hydrogen-bond donors (Lipinski definition) is 0. The van der Waals surface area contributed by atoms with E-state index in [-0.39, 0.29) is 12.4 Å². The number of carbonyl (C=O) groups excluding carboxylic acids is 1. The van der Waals surface area contributed by atoms with Gasteiger partial charge in [0, 0.05) is 17.0 Å². The predicted molar refractivity (Wildman–Crippen MR) is 70.9 cm³/mol. The first-order chi connectivity index (χ1) is 8.69. The molecule has 98 valence electrons. The Balaban J connectivity index is 2.76. The fourth-order valence-electron chi connectivity index (χ4n) is 1.49. The van der Waals surface area contributed by atoms with Crippen LogP contribution in [-0.2, 0) is 14.4 Å². The summed E-state index contributed by atoms with van der Waals surface area (Å²) < 4.78 is 4.87. The molecule has 0 amide bonds. The molecule has 1 aromatic carbocycles. The van der Waals surface area contributed by atoms with Gasteiger partial charge in [-0.25, -0.2) is 0 Å². The first kappa shape index (κ1) is 14.5. The Morgan fingerprint density at radius 2 is 2.06 bits per heavy atom. The number of ether oxygens (including phenoxy) is 1. The van der Waals surface area contributed by atoms with E-state index in [9.17, 15) is 4.79 Å². The van der Waals surface area contributed by atoms with Crippen molar-refractivity contribution >= 4 is 23.3 Å². The van der Waals surface area contributed by atoms with Gasteiger partial charge in [0.05, 0.1) is 18.7 Å². The lowest BCUT2D eigenvalue weighted by Crippen LogP contribution is -2.09. The van der Waals surface area contributed by atoms with Crippen molar-refractivity contribution in [3.8, 4) is 0 Å². The molecule has 0 aliphatic rings. The van der Waals surface area contributed by atoms with Gasteiger partial charge in [-0.05, 0) is 13.0 Å². The summed E-state index contributed by atoms with van der Waals surface area (Å²) in [6, 6.07) is 7.30. The Morgan fingerprint density at radius 1 is 1.33 bits per heavy atom. The Labute approximate surface area is 112 Å². The van der Waals surface area contributed by atoms with Gasteiger partial charge in [0.1, 0.15) is 7.11 Å². The molecule has 4 nitrogen and oxygen atoms in total. The van der Waals surface area contributed by atoms with Gasteiger partial charge in [-0.2, -0.15) is 0 Å². The highest BCUT2D eigenvalue weighted by Crippen LogP contribution is 2.18. The van der Waals surface area contributed by atoms with Crippen molar-refractivity contribution in [3.05, 3.63) is 34.9 Å². The number of rotatable bonds is 6. The van der Waals surface area contributed by atoms with Crippen LogP contribution in [0.1, 0.15) is 25.3 Å². The van der Waals surface area contributed by atoms with Crippen LogP contribution in [-0.4, -0.2) is 25.4 Å². The smallest absolute Gasteiger partial charge is 0.306 e. The number of hydrogen-bond acceptors (Lipinski definition) is 4. The van der Waals surface area contributed by atoms with E-state index in [1.54, 1.807) is 13.0 Å². The number of nitrogens with zero attached hydrogens (tertiary/aromatic N) is 1. The Bertz CT molecular complexity index is 432. The molecule has 1 aromatic rings. The Hall–Kier alpha value is -1.55. The zero-order chi connectivity index (χ0) is 13.4. The monoisotopic (exact) mass is 269 g/mol. The molecule has 5 heteroatoms. The summed E-state index contributed by atoms with van der Waals surface area (Å²) in [6.45, 7) is 2.15. The second-order valence-electron chi connectivity index (χ2n) is 3.51. The lowest BCUT2D eigenvalue weighted by atomic mass is 10.1. The fraction of sp³-hybridized carbons (Fsp3) is 0.385. The van der Waals surface area contributed by atoms with Crippen molar-refractivity contribution < 1.29 is 14.4 Å². The summed E-state index contributed by atoms with van der Waals surface area (Å²) in [4.78, 5) is 16.1. The molecule has 0 N–H and O–H groups in total. The van der Waals surface area contributed by atoms with Gasteiger partial charge in [-0.1, -0.05) is 35.0 Å². The van der Waals surface area contributed by atoms with Crippen LogP contribution >= 0.6 is 11.6 Å². The van der Waals surface area contributed by atoms with E-state index in [2.05, 4.69) is 5.16 Å². The van der Waals surface area contributed by atoms with E-state index in [0.717, 1.165) is 5.56 Å². The number of oxime groups is 1. The molecular formula is C13H16ClNO3. The molecule has 0 spiro atoms. The zero-order valence-electron chi connectivity index (χ0n) is 10.5. The van der Waals surface area contributed by atoms with Crippen LogP contribution in [0, 0.1) is 0 Å². The lowest BCUT2D eigenvalue weighted by Gasteiger charge is -2.07. The highest BCUT2D eigenvalue weighted by molar-refractivity contribution is 6.34. The number of esters is 1.